The number of hydrogen-bond acceptors (Lipinski definition) is 2. The highest BCUT2D eigenvalue weighted by atomic mass is 16.1. The highest BCUT2D eigenvalue weighted by Crippen LogP contribution is 2.27. The van der Waals surface area contributed by atoms with E-state index in [0.717, 1.165) is 25.3 Å². The lowest BCUT2D eigenvalue weighted by Crippen LogP contribution is -2.33. The summed E-state index contributed by atoms with van der Waals surface area (Å²) in [7, 11) is 1.92. The van der Waals surface area contributed by atoms with E-state index in [-0.39, 0.29) is 5.91 Å². The fourth-order valence-corrected chi connectivity index (χ4v) is 2.81. The summed E-state index contributed by atoms with van der Waals surface area (Å²) in [5.74, 6) is 1.13. The van der Waals surface area contributed by atoms with Gasteiger partial charge in [0, 0.05) is 12.5 Å². The second kappa shape index (κ2) is 9.37. The summed E-state index contributed by atoms with van der Waals surface area (Å²) >= 11 is 0. The van der Waals surface area contributed by atoms with E-state index in [1.807, 2.05) is 7.05 Å². The molecule has 0 aromatic carbocycles. The molecular weight excluding hydrogens is 224 g/mol. The molecule has 2 N–H and O–H groups in total. The van der Waals surface area contributed by atoms with Crippen LogP contribution in [0.5, 0.6) is 0 Å². The minimum absolute atomic E-state index is 0.210. The standard InChI is InChI=1S/C15H30N2O/c1-13(17-15(18)9-6-12-16-2)10-11-14-7-4-3-5-8-14/h13-14,16H,3-12H2,1-2H3,(H,17,18). The van der Waals surface area contributed by atoms with Crippen LogP contribution in [0.2, 0.25) is 0 Å². The Morgan fingerprint density at radius 2 is 2.00 bits per heavy atom. The molecule has 0 aliphatic heterocycles. The van der Waals surface area contributed by atoms with Crippen LogP contribution < -0.4 is 10.6 Å². The molecule has 1 amide bonds. The van der Waals surface area contributed by atoms with Crippen LogP contribution in [0.15, 0.2) is 0 Å². The van der Waals surface area contributed by atoms with Gasteiger partial charge in [-0.1, -0.05) is 32.1 Å². The molecule has 1 unspecified atom stereocenters. The van der Waals surface area contributed by atoms with Crippen molar-refractivity contribution in [2.75, 3.05) is 13.6 Å². The number of carbonyl (C=O) groups excluding carboxylic acids is 1. The molecule has 0 aromatic heterocycles. The summed E-state index contributed by atoms with van der Waals surface area (Å²) in [6.45, 7) is 3.06. The van der Waals surface area contributed by atoms with Gasteiger partial charge in [-0.3, -0.25) is 4.79 Å². The first-order chi connectivity index (χ1) is 8.72. The number of nitrogens with one attached hydrogen (secondary N) is 2. The lowest BCUT2D eigenvalue weighted by molar-refractivity contribution is -0.121. The Balaban J connectivity index is 2.04. The van der Waals surface area contributed by atoms with Crippen molar-refractivity contribution < 1.29 is 4.79 Å². The molecule has 0 saturated heterocycles. The molecule has 3 nitrogen and oxygen atoms in total. The van der Waals surface area contributed by atoms with Crippen LogP contribution in [0.1, 0.15) is 64.7 Å². The molecule has 3 heteroatoms. The number of hydrogen-bond donors (Lipinski definition) is 2. The fourth-order valence-electron chi connectivity index (χ4n) is 2.81. The van der Waals surface area contributed by atoms with E-state index in [2.05, 4.69) is 17.6 Å². The molecule has 106 valence electrons. The topological polar surface area (TPSA) is 41.1 Å². The predicted octanol–water partition coefficient (Wildman–Crippen LogP) is 2.85. The number of amides is 1. The zero-order chi connectivity index (χ0) is 13.2. The van der Waals surface area contributed by atoms with Crippen molar-refractivity contribution in [3.63, 3.8) is 0 Å². The van der Waals surface area contributed by atoms with Gasteiger partial charge < -0.3 is 10.6 Å². The highest BCUT2D eigenvalue weighted by Gasteiger charge is 2.15. The first-order valence-electron chi connectivity index (χ1n) is 7.66. The van der Waals surface area contributed by atoms with E-state index in [1.165, 1.54) is 38.5 Å². The average Bonchev–Trinajstić information content (AvgIpc) is 2.38. The van der Waals surface area contributed by atoms with Crippen LogP contribution in [-0.2, 0) is 4.79 Å². The lowest BCUT2D eigenvalue weighted by Gasteiger charge is -2.23. The first-order valence-corrected chi connectivity index (χ1v) is 7.66. The van der Waals surface area contributed by atoms with Crippen molar-refractivity contribution in [1.82, 2.24) is 10.6 Å². The highest BCUT2D eigenvalue weighted by molar-refractivity contribution is 5.76. The SMILES string of the molecule is CNCCCC(=O)NC(C)CCC1CCCCC1. The van der Waals surface area contributed by atoms with E-state index < -0.39 is 0 Å². The second-order valence-electron chi connectivity index (χ2n) is 5.76. The van der Waals surface area contributed by atoms with Gasteiger partial charge in [-0.15, -0.1) is 0 Å². The van der Waals surface area contributed by atoms with E-state index in [4.69, 9.17) is 0 Å². The molecule has 0 radical (unpaired) electrons. The molecular formula is C15H30N2O. The number of rotatable bonds is 8. The van der Waals surface area contributed by atoms with Crippen LogP contribution >= 0.6 is 0 Å². The third-order valence-corrected chi connectivity index (χ3v) is 3.97. The van der Waals surface area contributed by atoms with Crippen LogP contribution in [0, 0.1) is 5.92 Å². The van der Waals surface area contributed by atoms with Crippen molar-refractivity contribution in [2.45, 2.75) is 70.8 Å². The Bertz CT molecular complexity index is 225. The van der Waals surface area contributed by atoms with Crippen molar-refractivity contribution in [3.8, 4) is 0 Å². The molecule has 1 fully saturated rings. The maximum atomic E-state index is 11.6. The number of carbonyl (C=O) groups is 1. The van der Waals surface area contributed by atoms with Crippen molar-refractivity contribution in [3.05, 3.63) is 0 Å². The maximum absolute atomic E-state index is 11.6. The monoisotopic (exact) mass is 254 g/mol. The van der Waals surface area contributed by atoms with Crippen molar-refractivity contribution >= 4 is 5.91 Å². The van der Waals surface area contributed by atoms with Gasteiger partial charge in [-0.2, -0.15) is 0 Å². The van der Waals surface area contributed by atoms with E-state index in [0.29, 0.717) is 12.5 Å². The van der Waals surface area contributed by atoms with E-state index >= 15 is 0 Å². The van der Waals surface area contributed by atoms with Crippen molar-refractivity contribution in [2.24, 2.45) is 5.92 Å². The molecule has 18 heavy (non-hydrogen) atoms. The molecule has 1 atom stereocenters. The van der Waals surface area contributed by atoms with Crippen molar-refractivity contribution in [1.29, 1.82) is 0 Å². The van der Waals surface area contributed by atoms with Crippen LogP contribution in [0.3, 0.4) is 0 Å². The smallest absolute Gasteiger partial charge is 0.220 e. The molecule has 1 saturated carbocycles. The average molecular weight is 254 g/mol. The lowest BCUT2D eigenvalue weighted by atomic mass is 9.85. The predicted molar refractivity (Wildman–Crippen MR) is 76.6 cm³/mol. The molecule has 1 aliphatic carbocycles. The van der Waals surface area contributed by atoms with Gasteiger partial charge in [0.1, 0.15) is 0 Å². The third kappa shape index (κ3) is 7.00. The summed E-state index contributed by atoms with van der Waals surface area (Å²) in [6, 6.07) is 0.342. The maximum Gasteiger partial charge on any atom is 0.220 e. The van der Waals surface area contributed by atoms with Crippen LogP contribution in [-0.4, -0.2) is 25.5 Å². The summed E-state index contributed by atoms with van der Waals surface area (Å²) in [5, 5.41) is 6.18. The van der Waals surface area contributed by atoms with Gasteiger partial charge in [0.05, 0.1) is 0 Å². The molecule has 0 heterocycles. The van der Waals surface area contributed by atoms with Gasteiger partial charge >= 0.3 is 0 Å². The Morgan fingerprint density at radius 1 is 1.28 bits per heavy atom. The van der Waals surface area contributed by atoms with E-state index in [1.54, 1.807) is 0 Å². The Morgan fingerprint density at radius 3 is 2.67 bits per heavy atom. The zero-order valence-corrected chi connectivity index (χ0v) is 12.1. The largest absolute Gasteiger partial charge is 0.354 e. The van der Waals surface area contributed by atoms with Gasteiger partial charge in [-0.25, -0.2) is 0 Å². The van der Waals surface area contributed by atoms with Gasteiger partial charge in [0.15, 0.2) is 0 Å². The Hall–Kier alpha value is -0.570. The van der Waals surface area contributed by atoms with Gasteiger partial charge in [0.25, 0.3) is 0 Å². The summed E-state index contributed by atoms with van der Waals surface area (Å²) in [6.07, 6.45) is 11.1. The summed E-state index contributed by atoms with van der Waals surface area (Å²) in [5.41, 5.74) is 0. The second-order valence-corrected chi connectivity index (χ2v) is 5.76. The fraction of sp³-hybridized carbons (Fsp3) is 0.933. The Labute approximate surface area is 112 Å². The molecule has 1 aliphatic rings. The quantitative estimate of drug-likeness (QED) is 0.654. The Kier molecular flexibility index (Phi) is 8.06. The van der Waals surface area contributed by atoms with Gasteiger partial charge in [-0.05, 0) is 45.7 Å². The zero-order valence-electron chi connectivity index (χ0n) is 12.1. The molecule has 0 spiro atoms. The summed E-state index contributed by atoms with van der Waals surface area (Å²) < 4.78 is 0. The first kappa shape index (κ1) is 15.5. The minimum Gasteiger partial charge on any atom is -0.354 e. The normalized spacial score (nSPS) is 18.6. The molecule has 0 aromatic rings. The van der Waals surface area contributed by atoms with Crippen LogP contribution in [0.25, 0.3) is 0 Å². The third-order valence-electron chi connectivity index (χ3n) is 3.97. The van der Waals surface area contributed by atoms with E-state index in [9.17, 15) is 4.79 Å². The molecule has 1 rings (SSSR count). The van der Waals surface area contributed by atoms with Crippen LogP contribution in [0.4, 0.5) is 0 Å². The summed E-state index contributed by atoms with van der Waals surface area (Å²) in [4.78, 5) is 11.6. The minimum atomic E-state index is 0.210. The molecule has 0 bridgehead atoms. The van der Waals surface area contributed by atoms with Gasteiger partial charge in [0.2, 0.25) is 5.91 Å².